The van der Waals surface area contributed by atoms with Gasteiger partial charge in [0.1, 0.15) is 0 Å². The Morgan fingerprint density at radius 2 is 1.86 bits per heavy atom. The van der Waals surface area contributed by atoms with E-state index in [2.05, 4.69) is 67.2 Å². The second kappa shape index (κ2) is 5.10. The molecule has 1 aliphatic heterocycles. The van der Waals surface area contributed by atoms with Crippen LogP contribution in [-0.2, 0) is 0 Å². The van der Waals surface area contributed by atoms with E-state index in [9.17, 15) is 0 Å². The Balaban J connectivity index is 1.94. The predicted octanol–water partition coefficient (Wildman–Crippen LogP) is 4.82. The summed E-state index contributed by atoms with van der Waals surface area (Å²) in [5, 5.41) is 1.21. The van der Waals surface area contributed by atoms with E-state index < -0.39 is 0 Å². The van der Waals surface area contributed by atoms with E-state index in [0.717, 1.165) is 24.2 Å². The van der Waals surface area contributed by atoms with Crippen LogP contribution in [0.1, 0.15) is 38.4 Å². The molecule has 0 saturated carbocycles. The summed E-state index contributed by atoms with van der Waals surface area (Å²) >= 11 is 0. The predicted molar refractivity (Wildman–Crippen MR) is 90.8 cm³/mol. The SMILES string of the molecule is Cc1ccc2cc(C3=CCN=C(C(C)(C)C)C3)ccc2n1. The average Bonchev–Trinajstić information content (AvgIpc) is 2.46. The van der Waals surface area contributed by atoms with E-state index in [0.29, 0.717) is 0 Å². The van der Waals surface area contributed by atoms with Crippen LogP contribution in [0.3, 0.4) is 0 Å². The molecule has 2 aromatic rings. The number of aromatic nitrogens is 1. The molecular weight excluding hydrogens is 256 g/mol. The van der Waals surface area contributed by atoms with E-state index in [1.54, 1.807) is 0 Å². The molecule has 0 fully saturated rings. The molecule has 1 aromatic carbocycles. The van der Waals surface area contributed by atoms with Crippen LogP contribution in [0.25, 0.3) is 16.5 Å². The zero-order valence-electron chi connectivity index (χ0n) is 13.3. The minimum atomic E-state index is 0.148. The van der Waals surface area contributed by atoms with Gasteiger partial charge in [-0.05, 0) is 36.3 Å². The van der Waals surface area contributed by atoms with Gasteiger partial charge in [0.25, 0.3) is 0 Å². The van der Waals surface area contributed by atoms with Gasteiger partial charge in [0.05, 0.1) is 12.1 Å². The third-order valence-electron chi connectivity index (χ3n) is 4.04. The Bertz CT molecular complexity index is 746. The maximum absolute atomic E-state index is 4.68. The molecule has 0 saturated heterocycles. The van der Waals surface area contributed by atoms with Gasteiger partial charge in [0, 0.05) is 28.6 Å². The average molecular weight is 278 g/mol. The lowest BCUT2D eigenvalue weighted by molar-refractivity contribution is 0.580. The molecule has 0 atom stereocenters. The van der Waals surface area contributed by atoms with Crippen LogP contribution in [-0.4, -0.2) is 17.2 Å². The fourth-order valence-corrected chi connectivity index (χ4v) is 2.72. The Kier molecular flexibility index (Phi) is 3.40. The first-order chi connectivity index (χ1) is 9.93. The van der Waals surface area contributed by atoms with Gasteiger partial charge in [0.15, 0.2) is 0 Å². The fourth-order valence-electron chi connectivity index (χ4n) is 2.72. The molecule has 0 aliphatic carbocycles. The number of fused-ring (bicyclic) bond motifs is 1. The van der Waals surface area contributed by atoms with E-state index in [-0.39, 0.29) is 5.41 Å². The lowest BCUT2D eigenvalue weighted by Crippen LogP contribution is -2.23. The zero-order chi connectivity index (χ0) is 15.0. The second-order valence-electron chi connectivity index (χ2n) is 6.80. The highest BCUT2D eigenvalue weighted by molar-refractivity contribution is 5.99. The van der Waals surface area contributed by atoms with Gasteiger partial charge in [-0.25, -0.2) is 0 Å². The standard InChI is InChI=1S/C19H22N2/c1-13-5-6-16-11-14(7-8-17(16)21-13)15-9-10-20-18(12-15)19(2,3)4/h5-9,11H,10,12H2,1-4H3. The minimum absolute atomic E-state index is 0.148. The topological polar surface area (TPSA) is 25.2 Å². The summed E-state index contributed by atoms with van der Waals surface area (Å²) in [5.41, 5.74) is 6.26. The summed E-state index contributed by atoms with van der Waals surface area (Å²) in [4.78, 5) is 9.25. The van der Waals surface area contributed by atoms with Gasteiger partial charge in [-0.3, -0.25) is 9.98 Å². The molecule has 0 spiro atoms. The van der Waals surface area contributed by atoms with Crippen molar-refractivity contribution in [1.82, 2.24) is 4.98 Å². The smallest absolute Gasteiger partial charge is 0.0705 e. The number of rotatable bonds is 1. The Hall–Kier alpha value is -1.96. The molecule has 108 valence electrons. The number of pyridine rings is 1. The number of hydrogen-bond acceptors (Lipinski definition) is 2. The van der Waals surface area contributed by atoms with E-state index in [4.69, 9.17) is 0 Å². The van der Waals surface area contributed by atoms with Gasteiger partial charge in [-0.1, -0.05) is 39.0 Å². The van der Waals surface area contributed by atoms with Crippen molar-refractivity contribution in [2.24, 2.45) is 10.4 Å². The molecule has 2 heteroatoms. The quantitative estimate of drug-likeness (QED) is 0.734. The number of aryl methyl sites for hydroxylation is 1. The van der Waals surface area contributed by atoms with Crippen molar-refractivity contribution >= 4 is 22.2 Å². The molecule has 21 heavy (non-hydrogen) atoms. The van der Waals surface area contributed by atoms with Gasteiger partial charge < -0.3 is 0 Å². The lowest BCUT2D eigenvalue weighted by Gasteiger charge is -2.25. The number of hydrogen-bond donors (Lipinski definition) is 0. The van der Waals surface area contributed by atoms with Crippen LogP contribution in [0.5, 0.6) is 0 Å². The fraction of sp³-hybridized carbons (Fsp3) is 0.368. The van der Waals surface area contributed by atoms with Crippen LogP contribution in [0.4, 0.5) is 0 Å². The molecule has 2 nitrogen and oxygen atoms in total. The summed E-state index contributed by atoms with van der Waals surface area (Å²) in [6.45, 7) is 9.54. The van der Waals surface area contributed by atoms with Gasteiger partial charge in [0.2, 0.25) is 0 Å². The number of aliphatic imine (C=N–C) groups is 1. The summed E-state index contributed by atoms with van der Waals surface area (Å²) in [6, 6.07) is 10.8. The van der Waals surface area contributed by atoms with Crippen molar-refractivity contribution in [3.63, 3.8) is 0 Å². The van der Waals surface area contributed by atoms with Gasteiger partial charge >= 0.3 is 0 Å². The molecule has 2 heterocycles. The van der Waals surface area contributed by atoms with Crippen LogP contribution < -0.4 is 0 Å². The molecule has 0 amide bonds. The summed E-state index contributed by atoms with van der Waals surface area (Å²) < 4.78 is 0. The van der Waals surface area contributed by atoms with Crippen molar-refractivity contribution in [2.45, 2.75) is 34.1 Å². The first-order valence-electron chi connectivity index (χ1n) is 7.54. The second-order valence-corrected chi connectivity index (χ2v) is 6.80. The zero-order valence-corrected chi connectivity index (χ0v) is 13.3. The first-order valence-corrected chi connectivity index (χ1v) is 7.54. The molecule has 1 aliphatic rings. The van der Waals surface area contributed by atoms with Crippen molar-refractivity contribution < 1.29 is 0 Å². The molecule has 0 bridgehead atoms. The molecule has 0 radical (unpaired) electrons. The number of nitrogens with zero attached hydrogens (tertiary/aromatic N) is 2. The van der Waals surface area contributed by atoms with Crippen molar-refractivity contribution in [3.05, 3.63) is 47.7 Å². The minimum Gasteiger partial charge on any atom is -0.289 e. The van der Waals surface area contributed by atoms with Gasteiger partial charge in [-0.15, -0.1) is 0 Å². The van der Waals surface area contributed by atoms with Crippen LogP contribution >= 0.6 is 0 Å². The number of dihydropyridines is 1. The number of benzene rings is 1. The Morgan fingerprint density at radius 3 is 2.62 bits per heavy atom. The maximum Gasteiger partial charge on any atom is 0.0705 e. The van der Waals surface area contributed by atoms with E-state index in [1.807, 2.05) is 6.92 Å². The normalized spacial score (nSPS) is 15.8. The molecular formula is C19H22N2. The molecule has 0 N–H and O–H groups in total. The lowest BCUT2D eigenvalue weighted by atomic mass is 9.83. The van der Waals surface area contributed by atoms with Crippen LogP contribution in [0.15, 0.2) is 41.4 Å². The third-order valence-corrected chi connectivity index (χ3v) is 4.04. The molecule has 3 rings (SSSR count). The Labute approximate surface area is 126 Å². The molecule has 1 aromatic heterocycles. The number of allylic oxidation sites excluding steroid dienone is 1. The summed E-state index contributed by atoms with van der Waals surface area (Å²) in [5.74, 6) is 0. The van der Waals surface area contributed by atoms with Crippen LogP contribution in [0, 0.1) is 12.3 Å². The van der Waals surface area contributed by atoms with E-state index in [1.165, 1.54) is 22.2 Å². The highest BCUT2D eigenvalue weighted by Gasteiger charge is 2.22. The van der Waals surface area contributed by atoms with Crippen molar-refractivity contribution in [1.29, 1.82) is 0 Å². The summed E-state index contributed by atoms with van der Waals surface area (Å²) in [7, 11) is 0. The monoisotopic (exact) mass is 278 g/mol. The van der Waals surface area contributed by atoms with Gasteiger partial charge in [-0.2, -0.15) is 0 Å². The van der Waals surface area contributed by atoms with Crippen molar-refractivity contribution in [2.75, 3.05) is 6.54 Å². The summed E-state index contributed by atoms with van der Waals surface area (Å²) in [6.07, 6.45) is 3.20. The van der Waals surface area contributed by atoms with Crippen LogP contribution in [0.2, 0.25) is 0 Å². The maximum atomic E-state index is 4.68. The molecule has 0 unspecified atom stereocenters. The largest absolute Gasteiger partial charge is 0.289 e. The first kappa shape index (κ1) is 14.0. The highest BCUT2D eigenvalue weighted by Crippen LogP contribution is 2.30. The third kappa shape index (κ3) is 2.90. The Morgan fingerprint density at radius 1 is 1.05 bits per heavy atom. The van der Waals surface area contributed by atoms with Crippen molar-refractivity contribution in [3.8, 4) is 0 Å². The highest BCUT2D eigenvalue weighted by atomic mass is 14.8. The van der Waals surface area contributed by atoms with E-state index >= 15 is 0 Å².